The average molecular weight is 276 g/mol. The van der Waals surface area contributed by atoms with Crippen LogP contribution in [0.4, 0.5) is 0 Å². The van der Waals surface area contributed by atoms with Crippen LogP contribution in [0.2, 0.25) is 0 Å². The van der Waals surface area contributed by atoms with E-state index in [2.05, 4.69) is 4.98 Å². The lowest BCUT2D eigenvalue weighted by Gasteiger charge is -1.99. The maximum atomic E-state index is 12.2. The number of aryl methyl sites for hydroxylation is 1. The normalized spacial score (nSPS) is 10.9. The molecule has 0 amide bonds. The minimum atomic E-state index is -0.210. The average Bonchev–Trinajstić information content (AvgIpc) is 2.96. The van der Waals surface area contributed by atoms with Crippen LogP contribution in [-0.2, 0) is 0 Å². The van der Waals surface area contributed by atoms with E-state index in [1.165, 1.54) is 33.1 Å². The van der Waals surface area contributed by atoms with Crippen molar-refractivity contribution < 1.29 is 4.79 Å². The van der Waals surface area contributed by atoms with E-state index in [1.54, 1.807) is 18.4 Å². The van der Waals surface area contributed by atoms with Crippen molar-refractivity contribution in [2.75, 3.05) is 0 Å². The van der Waals surface area contributed by atoms with Crippen LogP contribution in [0.1, 0.15) is 21.1 Å². The summed E-state index contributed by atoms with van der Waals surface area (Å²) in [6.45, 7) is 1.77. The van der Waals surface area contributed by atoms with Gasteiger partial charge in [-0.15, -0.1) is 22.7 Å². The number of thiazole rings is 1. The molecule has 0 saturated heterocycles. The number of rotatable bonds is 2. The van der Waals surface area contributed by atoms with E-state index >= 15 is 0 Å². The molecule has 0 bridgehead atoms. The molecule has 0 fully saturated rings. The minimum Gasteiger partial charge on any atom is -0.286 e. The number of carbonyl (C=O) groups excluding carboxylic acids is 1. The molecule has 0 saturated carbocycles. The summed E-state index contributed by atoms with van der Waals surface area (Å²) in [5.74, 6) is -0.135. The van der Waals surface area contributed by atoms with Crippen molar-refractivity contribution in [2.45, 2.75) is 6.92 Å². The number of hydrogen-bond donors (Lipinski definition) is 0. The van der Waals surface area contributed by atoms with E-state index in [4.69, 9.17) is 0 Å². The first kappa shape index (κ1) is 11.3. The van der Waals surface area contributed by atoms with Crippen LogP contribution in [0.3, 0.4) is 0 Å². The topological polar surface area (TPSA) is 51.4 Å². The second-order valence-corrected chi connectivity index (χ2v) is 5.57. The number of carbonyl (C=O) groups is 1. The predicted molar refractivity (Wildman–Crippen MR) is 71.8 cm³/mol. The van der Waals surface area contributed by atoms with Gasteiger partial charge in [0.15, 0.2) is 4.96 Å². The van der Waals surface area contributed by atoms with E-state index < -0.39 is 0 Å². The van der Waals surface area contributed by atoms with Crippen LogP contribution >= 0.6 is 22.7 Å². The molecule has 0 aliphatic heterocycles. The highest BCUT2D eigenvalue weighted by Crippen LogP contribution is 2.19. The van der Waals surface area contributed by atoms with Gasteiger partial charge in [-0.3, -0.25) is 9.59 Å². The zero-order valence-corrected chi connectivity index (χ0v) is 11.0. The fourth-order valence-electron chi connectivity index (χ4n) is 1.72. The fraction of sp³-hybridized carbons (Fsp3) is 0.0833. The summed E-state index contributed by atoms with van der Waals surface area (Å²) >= 11 is 2.67. The Labute approximate surface area is 110 Å². The van der Waals surface area contributed by atoms with E-state index in [1.807, 2.05) is 11.4 Å². The molecule has 6 heteroatoms. The van der Waals surface area contributed by atoms with Crippen LogP contribution in [-0.4, -0.2) is 15.2 Å². The molecule has 0 atom stereocenters. The third-order valence-electron chi connectivity index (χ3n) is 2.51. The number of hydrogen-bond acceptors (Lipinski definition) is 5. The lowest BCUT2D eigenvalue weighted by molar-refractivity contribution is 0.103. The minimum absolute atomic E-state index is 0.135. The van der Waals surface area contributed by atoms with Gasteiger partial charge in [0.2, 0.25) is 5.78 Å². The Bertz CT molecular complexity index is 784. The summed E-state index contributed by atoms with van der Waals surface area (Å²) in [5, 5.41) is 3.53. The molecule has 0 N–H and O–H groups in total. The Balaban J connectivity index is 2.25. The van der Waals surface area contributed by atoms with Gasteiger partial charge in [-0.05, 0) is 18.4 Å². The molecule has 0 aliphatic carbocycles. The Morgan fingerprint density at radius 3 is 2.94 bits per heavy atom. The Morgan fingerprint density at radius 2 is 2.22 bits per heavy atom. The van der Waals surface area contributed by atoms with Gasteiger partial charge in [0.1, 0.15) is 5.69 Å². The van der Waals surface area contributed by atoms with Gasteiger partial charge in [0.05, 0.1) is 4.88 Å². The van der Waals surface area contributed by atoms with Gasteiger partial charge in [0.25, 0.3) is 5.56 Å². The van der Waals surface area contributed by atoms with Crippen LogP contribution in [0.15, 0.2) is 33.8 Å². The molecule has 18 heavy (non-hydrogen) atoms. The third kappa shape index (κ3) is 1.70. The number of ketones is 1. The number of nitrogens with zero attached hydrogens (tertiary/aromatic N) is 2. The van der Waals surface area contributed by atoms with Gasteiger partial charge in [0, 0.05) is 17.1 Å². The summed E-state index contributed by atoms with van der Waals surface area (Å²) < 4.78 is 1.37. The summed E-state index contributed by atoms with van der Waals surface area (Å²) in [4.78, 5) is 29.6. The van der Waals surface area contributed by atoms with Crippen LogP contribution in [0, 0.1) is 6.92 Å². The second-order valence-electron chi connectivity index (χ2n) is 3.78. The van der Waals surface area contributed by atoms with Crippen molar-refractivity contribution in [3.05, 3.63) is 55.6 Å². The van der Waals surface area contributed by atoms with Crippen molar-refractivity contribution in [3.63, 3.8) is 0 Å². The van der Waals surface area contributed by atoms with Gasteiger partial charge >= 0.3 is 0 Å². The smallest absolute Gasteiger partial charge is 0.259 e. The zero-order chi connectivity index (χ0) is 12.7. The highest BCUT2D eigenvalue weighted by Gasteiger charge is 2.17. The first-order valence-corrected chi connectivity index (χ1v) is 6.99. The molecule has 0 unspecified atom stereocenters. The van der Waals surface area contributed by atoms with Gasteiger partial charge < -0.3 is 0 Å². The number of fused-ring (bicyclic) bond motifs is 1. The monoisotopic (exact) mass is 276 g/mol. The van der Waals surface area contributed by atoms with Crippen LogP contribution in [0.5, 0.6) is 0 Å². The Hall–Kier alpha value is -1.79. The SMILES string of the molecule is Cc1cc(=O)n2c(C(=O)c3cccs3)csc2n1. The first-order valence-electron chi connectivity index (χ1n) is 5.23. The largest absolute Gasteiger partial charge is 0.286 e. The zero-order valence-electron chi connectivity index (χ0n) is 9.41. The molecular weight excluding hydrogens is 268 g/mol. The Morgan fingerprint density at radius 1 is 1.39 bits per heavy atom. The number of thiophene rings is 1. The van der Waals surface area contributed by atoms with Crippen molar-refractivity contribution in [3.8, 4) is 0 Å². The molecular formula is C12H8N2O2S2. The highest BCUT2D eigenvalue weighted by molar-refractivity contribution is 7.15. The molecule has 3 aromatic heterocycles. The van der Waals surface area contributed by atoms with Gasteiger partial charge in [-0.1, -0.05) is 6.07 Å². The van der Waals surface area contributed by atoms with Gasteiger partial charge in [-0.25, -0.2) is 9.38 Å². The Kier molecular flexibility index (Phi) is 2.61. The van der Waals surface area contributed by atoms with Gasteiger partial charge in [-0.2, -0.15) is 0 Å². The maximum Gasteiger partial charge on any atom is 0.259 e. The molecule has 0 radical (unpaired) electrons. The summed E-state index contributed by atoms with van der Waals surface area (Å²) in [6.07, 6.45) is 0. The van der Waals surface area contributed by atoms with E-state index in [9.17, 15) is 9.59 Å². The number of aromatic nitrogens is 2. The quantitative estimate of drug-likeness (QED) is 0.675. The summed E-state index contributed by atoms with van der Waals surface area (Å²) in [6, 6.07) is 5.01. The van der Waals surface area contributed by atoms with Crippen LogP contribution < -0.4 is 5.56 Å². The fourth-order valence-corrected chi connectivity index (χ4v) is 3.31. The predicted octanol–water partition coefficient (Wildman–Crippen LogP) is 2.36. The van der Waals surface area contributed by atoms with Crippen LogP contribution in [0.25, 0.3) is 4.96 Å². The molecule has 3 aromatic rings. The molecule has 3 rings (SSSR count). The lowest BCUT2D eigenvalue weighted by atomic mass is 10.2. The van der Waals surface area contributed by atoms with E-state index in [-0.39, 0.29) is 11.3 Å². The molecule has 4 nitrogen and oxygen atoms in total. The van der Waals surface area contributed by atoms with Crippen molar-refractivity contribution in [2.24, 2.45) is 0 Å². The molecule has 90 valence electrons. The van der Waals surface area contributed by atoms with Crippen molar-refractivity contribution in [1.82, 2.24) is 9.38 Å². The second kappa shape index (κ2) is 4.15. The van der Waals surface area contributed by atoms with E-state index in [0.717, 1.165) is 0 Å². The molecule has 0 aliphatic rings. The maximum absolute atomic E-state index is 12.2. The molecule has 0 aromatic carbocycles. The molecule has 3 heterocycles. The standard InChI is InChI=1S/C12H8N2O2S2/c1-7-5-10(15)14-8(6-18-12(14)13-7)11(16)9-3-2-4-17-9/h2-6H,1H3. The van der Waals surface area contributed by atoms with Crippen molar-refractivity contribution in [1.29, 1.82) is 0 Å². The first-order chi connectivity index (χ1) is 8.66. The van der Waals surface area contributed by atoms with E-state index in [0.29, 0.717) is 21.2 Å². The molecule has 0 spiro atoms. The highest BCUT2D eigenvalue weighted by atomic mass is 32.1. The summed E-state index contributed by atoms with van der Waals surface area (Å²) in [5.41, 5.74) is 0.838. The lowest BCUT2D eigenvalue weighted by Crippen LogP contribution is -2.18. The third-order valence-corrected chi connectivity index (χ3v) is 4.20. The van der Waals surface area contributed by atoms with Crippen molar-refractivity contribution >= 4 is 33.4 Å². The summed E-state index contributed by atoms with van der Waals surface area (Å²) in [7, 11) is 0.